The number of halogens is 7. The van der Waals surface area contributed by atoms with E-state index in [2.05, 4.69) is 20.6 Å². The maximum Gasteiger partial charge on any atom is 0.416 e. The molecular weight excluding hydrogens is 487 g/mol. The van der Waals surface area contributed by atoms with Crippen LogP contribution in [0.3, 0.4) is 0 Å². The highest BCUT2D eigenvalue weighted by Crippen LogP contribution is 2.37. The van der Waals surface area contributed by atoms with Crippen molar-refractivity contribution < 1.29 is 40.1 Å². The number of aromatic nitrogens is 4. The lowest BCUT2D eigenvalue weighted by Gasteiger charge is -2.16. The third-order valence-electron chi connectivity index (χ3n) is 4.67. The number of anilines is 1. The zero-order valence-electron chi connectivity index (χ0n) is 17.2. The summed E-state index contributed by atoms with van der Waals surface area (Å²) in [7, 11) is 0. The first-order valence-corrected chi connectivity index (χ1v) is 9.61. The van der Waals surface area contributed by atoms with E-state index in [1.807, 2.05) is 0 Å². The quantitative estimate of drug-likeness (QED) is 0.371. The Morgan fingerprint density at radius 3 is 2.49 bits per heavy atom. The molecule has 0 saturated heterocycles. The second-order valence-electron chi connectivity index (χ2n) is 7.18. The van der Waals surface area contributed by atoms with Gasteiger partial charge in [0.1, 0.15) is 5.82 Å². The van der Waals surface area contributed by atoms with E-state index in [-0.39, 0.29) is 23.1 Å². The fourth-order valence-electron chi connectivity index (χ4n) is 3.09. The average molecular weight is 499 g/mol. The predicted octanol–water partition coefficient (Wildman–Crippen LogP) is 5.41. The van der Waals surface area contributed by atoms with Gasteiger partial charge in [0.05, 0.1) is 29.6 Å². The van der Waals surface area contributed by atoms with Gasteiger partial charge in [-0.05, 0) is 29.8 Å². The lowest BCUT2D eigenvalue weighted by Crippen LogP contribution is -2.15. The Kier molecular flexibility index (Phi) is 6.05. The first-order valence-electron chi connectivity index (χ1n) is 9.61. The van der Waals surface area contributed by atoms with Crippen LogP contribution in [0.1, 0.15) is 27.4 Å². The molecule has 2 aromatic carbocycles. The van der Waals surface area contributed by atoms with Crippen LogP contribution in [-0.2, 0) is 18.9 Å². The van der Waals surface area contributed by atoms with Crippen LogP contribution in [0.4, 0.5) is 36.4 Å². The van der Waals surface area contributed by atoms with Crippen molar-refractivity contribution in [2.75, 3.05) is 5.32 Å². The van der Waals surface area contributed by atoms with Crippen molar-refractivity contribution in [3.63, 3.8) is 0 Å². The van der Waals surface area contributed by atoms with Crippen LogP contribution in [0, 0.1) is 5.82 Å². The summed E-state index contributed by atoms with van der Waals surface area (Å²) >= 11 is 0. The number of nitrogens with zero attached hydrogens (tertiary/aromatic N) is 4. The minimum absolute atomic E-state index is 0.0350. The van der Waals surface area contributed by atoms with Gasteiger partial charge in [-0.3, -0.25) is 9.48 Å². The summed E-state index contributed by atoms with van der Waals surface area (Å²) in [6.45, 7) is -0.521. The highest BCUT2D eigenvalue weighted by Gasteiger charge is 2.38. The van der Waals surface area contributed by atoms with Crippen LogP contribution >= 0.6 is 0 Å². The van der Waals surface area contributed by atoms with Gasteiger partial charge in [-0.1, -0.05) is 23.4 Å². The number of carbonyl (C=O) groups is 1. The van der Waals surface area contributed by atoms with Gasteiger partial charge < -0.3 is 9.84 Å². The molecule has 4 rings (SSSR count). The fraction of sp³-hybridized carbons (Fsp3) is 0.143. The van der Waals surface area contributed by atoms with E-state index in [0.29, 0.717) is 6.07 Å². The van der Waals surface area contributed by atoms with Crippen molar-refractivity contribution >= 4 is 11.6 Å². The molecule has 0 radical (unpaired) electrons. The number of hydrogen-bond donors (Lipinski definition) is 1. The van der Waals surface area contributed by atoms with E-state index < -0.39 is 53.2 Å². The largest absolute Gasteiger partial charge is 0.416 e. The summed E-state index contributed by atoms with van der Waals surface area (Å²) in [6.07, 6.45) is -7.69. The summed E-state index contributed by atoms with van der Waals surface area (Å²) in [4.78, 5) is 16.2. The first-order chi connectivity index (χ1) is 16.4. The molecule has 1 N–H and O–H groups in total. The Morgan fingerprint density at radius 2 is 1.80 bits per heavy atom. The Morgan fingerprint density at radius 1 is 1.03 bits per heavy atom. The molecular formula is C21H12F7N5O2. The summed E-state index contributed by atoms with van der Waals surface area (Å²) in [5.74, 6) is -1.94. The standard InChI is InChI=1S/C21H12F7N5O2/c22-14-3-1-2-11(6-14)17-31-19(35-32-17)18(34)30-15-8-29-33(10-15)9-12-4-5-13(20(23,24)25)7-16(12)21(26,27)28/h1-8,10H,9H2,(H,30,34). The van der Waals surface area contributed by atoms with Gasteiger partial charge in [-0.15, -0.1) is 0 Å². The third-order valence-corrected chi connectivity index (χ3v) is 4.67. The van der Waals surface area contributed by atoms with Crippen molar-refractivity contribution in [2.45, 2.75) is 18.9 Å². The number of nitrogens with one attached hydrogen (secondary N) is 1. The van der Waals surface area contributed by atoms with Crippen LogP contribution in [0.5, 0.6) is 0 Å². The van der Waals surface area contributed by atoms with Crippen molar-refractivity contribution in [1.82, 2.24) is 19.9 Å². The SMILES string of the molecule is O=C(Nc1cnn(Cc2ccc(C(F)(F)F)cc2C(F)(F)F)c1)c1nc(-c2cccc(F)c2)no1. The Hall–Kier alpha value is -4.23. The van der Waals surface area contributed by atoms with E-state index in [1.54, 1.807) is 0 Å². The molecule has 182 valence electrons. The van der Waals surface area contributed by atoms with Crippen LogP contribution in [0.2, 0.25) is 0 Å². The molecule has 2 heterocycles. The first kappa shape index (κ1) is 23.9. The van der Waals surface area contributed by atoms with Gasteiger partial charge in [0.25, 0.3) is 0 Å². The second-order valence-corrected chi connectivity index (χ2v) is 7.18. The minimum Gasteiger partial charge on any atom is -0.328 e. The molecule has 0 aliphatic rings. The molecule has 7 nitrogen and oxygen atoms in total. The van der Waals surface area contributed by atoms with Gasteiger partial charge >= 0.3 is 24.2 Å². The number of rotatable bonds is 5. The molecule has 0 bridgehead atoms. The lowest BCUT2D eigenvalue weighted by molar-refractivity contribution is -0.143. The second kappa shape index (κ2) is 8.85. The molecule has 0 fully saturated rings. The normalized spacial score (nSPS) is 12.1. The highest BCUT2D eigenvalue weighted by molar-refractivity contribution is 6.00. The molecule has 4 aromatic rings. The summed E-state index contributed by atoms with van der Waals surface area (Å²) in [5, 5.41) is 9.76. The molecule has 14 heteroatoms. The van der Waals surface area contributed by atoms with Crippen LogP contribution < -0.4 is 5.32 Å². The number of amides is 1. The van der Waals surface area contributed by atoms with Crippen molar-refractivity contribution in [2.24, 2.45) is 0 Å². The molecule has 35 heavy (non-hydrogen) atoms. The van der Waals surface area contributed by atoms with E-state index in [1.165, 1.54) is 24.4 Å². The number of alkyl halides is 6. The Bertz CT molecular complexity index is 1370. The average Bonchev–Trinajstić information content (AvgIpc) is 3.42. The Labute approximate surface area is 191 Å². The molecule has 0 unspecified atom stereocenters. The van der Waals surface area contributed by atoms with Crippen molar-refractivity contribution in [1.29, 1.82) is 0 Å². The predicted molar refractivity (Wildman–Crippen MR) is 105 cm³/mol. The van der Waals surface area contributed by atoms with E-state index >= 15 is 0 Å². The van der Waals surface area contributed by atoms with Gasteiger partial charge in [0.15, 0.2) is 0 Å². The van der Waals surface area contributed by atoms with Gasteiger partial charge in [-0.25, -0.2) is 4.39 Å². The fourth-order valence-corrected chi connectivity index (χ4v) is 3.09. The smallest absolute Gasteiger partial charge is 0.328 e. The molecule has 1 amide bonds. The summed E-state index contributed by atoms with van der Waals surface area (Å²) in [6, 6.07) is 6.55. The van der Waals surface area contributed by atoms with Crippen molar-refractivity contribution in [3.8, 4) is 11.4 Å². The Balaban J connectivity index is 1.49. The highest BCUT2D eigenvalue weighted by atomic mass is 19.4. The van der Waals surface area contributed by atoms with Crippen molar-refractivity contribution in [3.05, 3.63) is 83.3 Å². The monoisotopic (exact) mass is 499 g/mol. The topological polar surface area (TPSA) is 85.8 Å². The number of benzene rings is 2. The minimum atomic E-state index is -5.03. The summed E-state index contributed by atoms with van der Waals surface area (Å²) in [5.41, 5.74) is -3.04. The van der Waals surface area contributed by atoms with E-state index in [4.69, 9.17) is 4.52 Å². The summed E-state index contributed by atoms with van der Waals surface area (Å²) < 4.78 is 97.7. The van der Waals surface area contributed by atoms with Gasteiger partial charge in [-0.2, -0.15) is 36.4 Å². The maximum absolute atomic E-state index is 13.3. The van der Waals surface area contributed by atoms with Crippen LogP contribution in [0.25, 0.3) is 11.4 Å². The van der Waals surface area contributed by atoms with E-state index in [9.17, 15) is 35.5 Å². The van der Waals surface area contributed by atoms with Crippen LogP contribution in [0.15, 0.2) is 59.4 Å². The number of carbonyl (C=O) groups excluding carboxylic acids is 1. The molecule has 0 aliphatic heterocycles. The number of hydrogen-bond acceptors (Lipinski definition) is 5. The zero-order valence-corrected chi connectivity index (χ0v) is 17.2. The zero-order chi connectivity index (χ0) is 25.4. The molecule has 0 aliphatic carbocycles. The molecule has 0 saturated carbocycles. The van der Waals surface area contributed by atoms with Gasteiger partial charge in [0, 0.05) is 11.8 Å². The van der Waals surface area contributed by atoms with Gasteiger partial charge in [0.2, 0.25) is 5.82 Å². The maximum atomic E-state index is 13.3. The van der Waals surface area contributed by atoms with Crippen LogP contribution in [-0.4, -0.2) is 25.8 Å². The molecule has 2 aromatic heterocycles. The lowest BCUT2D eigenvalue weighted by atomic mass is 10.0. The molecule has 0 atom stereocenters. The third kappa shape index (κ3) is 5.47. The van der Waals surface area contributed by atoms with E-state index in [0.717, 1.165) is 23.0 Å². The molecule has 0 spiro atoms.